The molecule has 11 heteroatoms. The SMILES string of the molecule is COc1cc(C=NNC(=O)C[NH+]2CCN(S(=O)(=O)c3ccc(C)cc3)CC2)cc(OC)c1[O-]. The van der Waals surface area contributed by atoms with Crippen LogP contribution in [0.15, 0.2) is 46.4 Å². The number of hydrogen-bond acceptors (Lipinski definition) is 7. The molecule has 2 aromatic carbocycles. The summed E-state index contributed by atoms with van der Waals surface area (Å²) in [7, 11) is -0.772. The fourth-order valence-corrected chi connectivity index (χ4v) is 4.94. The van der Waals surface area contributed by atoms with Crippen molar-refractivity contribution in [1.29, 1.82) is 0 Å². The summed E-state index contributed by atoms with van der Waals surface area (Å²) < 4.78 is 37.1. The fourth-order valence-electron chi connectivity index (χ4n) is 3.50. The largest absolute Gasteiger partial charge is 0.867 e. The van der Waals surface area contributed by atoms with Crippen molar-refractivity contribution in [3.63, 3.8) is 0 Å². The third kappa shape index (κ3) is 6.01. The van der Waals surface area contributed by atoms with Gasteiger partial charge in [0.25, 0.3) is 5.91 Å². The average Bonchev–Trinajstić information content (AvgIpc) is 2.80. The first kappa shape index (κ1) is 24.5. The van der Waals surface area contributed by atoms with Crippen LogP contribution in [0.2, 0.25) is 0 Å². The number of aryl methyl sites for hydroxylation is 1. The summed E-state index contributed by atoms with van der Waals surface area (Å²) in [6.45, 7) is 3.78. The Kier molecular flexibility index (Phi) is 7.90. The second-order valence-corrected chi connectivity index (χ2v) is 9.63. The van der Waals surface area contributed by atoms with Gasteiger partial charge in [0.05, 0.1) is 51.5 Å². The molecule has 1 amide bonds. The van der Waals surface area contributed by atoms with Crippen molar-refractivity contribution in [1.82, 2.24) is 9.73 Å². The number of sulfonamides is 1. The maximum absolute atomic E-state index is 12.8. The average molecular weight is 477 g/mol. The minimum absolute atomic E-state index is 0.116. The van der Waals surface area contributed by atoms with Crippen molar-refractivity contribution >= 4 is 22.1 Å². The molecular weight excluding hydrogens is 448 g/mol. The molecule has 0 atom stereocenters. The highest BCUT2D eigenvalue weighted by Gasteiger charge is 2.31. The van der Waals surface area contributed by atoms with Crippen LogP contribution in [0.25, 0.3) is 0 Å². The number of hydrogen-bond donors (Lipinski definition) is 2. The number of amides is 1. The molecule has 2 aromatic rings. The lowest BCUT2D eigenvalue weighted by atomic mass is 10.2. The van der Waals surface area contributed by atoms with Crippen molar-refractivity contribution in [3.05, 3.63) is 47.5 Å². The van der Waals surface area contributed by atoms with Crippen LogP contribution in [0, 0.1) is 6.92 Å². The topological polar surface area (TPSA) is 125 Å². The summed E-state index contributed by atoms with van der Waals surface area (Å²) in [6, 6.07) is 9.79. The van der Waals surface area contributed by atoms with E-state index in [9.17, 15) is 18.3 Å². The highest BCUT2D eigenvalue weighted by Crippen LogP contribution is 2.34. The molecule has 0 spiro atoms. The first-order chi connectivity index (χ1) is 15.7. The van der Waals surface area contributed by atoms with Gasteiger partial charge in [0.1, 0.15) is 11.5 Å². The number of rotatable bonds is 8. The third-order valence-electron chi connectivity index (χ3n) is 5.38. The van der Waals surface area contributed by atoms with Crippen LogP contribution in [0.3, 0.4) is 0 Å². The number of piperazine rings is 1. The Morgan fingerprint density at radius 2 is 1.73 bits per heavy atom. The molecule has 33 heavy (non-hydrogen) atoms. The van der Waals surface area contributed by atoms with E-state index in [1.165, 1.54) is 36.9 Å². The zero-order chi connectivity index (χ0) is 24.0. The maximum atomic E-state index is 12.8. The first-order valence-electron chi connectivity index (χ1n) is 10.4. The van der Waals surface area contributed by atoms with Crippen LogP contribution in [0.4, 0.5) is 0 Å². The smallest absolute Gasteiger partial charge is 0.295 e. The van der Waals surface area contributed by atoms with Gasteiger partial charge < -0.3 is 19.5 Å². The van der Waals surface area contributed by atoms with E-state index in [2.05, 4.69) is 10.5 Å². The molecular formula is C22H28N4O6S. The van der Waals surface area contributed by atoms with Crippen LogP contribution in [0.5, 0.6) is 17.2 Å². The minimum atomic E-state index is -3.54. The molecule has 1 aliphatic rings. The Bertz CT molecular complexity index is 1090. The van der Waals surface area contributed by atoms with Crippen LogP contribution < -0.4 is 24.9 Å². The molecule has 3 rings (SSSR count). The predicted molar refractivity (Wildman–Crippen MR) is 120 cm³/mol. The van der Waals surface area contributed by atoms with Gasteiger partial charge in [-0.2, -0.15) is 9.41 Å². The first-order valence-corrected chi connectivity index (χ1v) is 11.8. The van der Waals surface area contributed by atoms with Crippen molar-refractivity contribution in [2.24, 2.45) is 5.10 Å². The molecule has 1 aliphatic heterocycles. The van der Waals surface area contributed by atoms with Crippen molar-refractivity contribution in [2.45, 2.75) is 11.8 Å². The van der Waals surface area contributed by atoms with E-state index in [1.54, 1.807) is 24.3 Å². The highest BCUT2D eigenvalue weighted by atomic mass is 32.2. The van der Waals surface area contributed by atoms with Gasteiger partial charge >= 0.3 is 0 Å². The predicted octanol–water partition coefficient (Wildman–Crippen LogP) is -0.875. The number of carbonyl (C=O) groups excluding carboxylic acids is 1. The van der Waals surface area contributed by atoms with E-state index in [0.717, 1.165) is 10.5 Å². The van der Waals surface area contributed by atoms with Crippen LogP contribution in [-0.2, 0) is 14.8 Å². The second-order valence-electron chi connectivity index (χ2n) is 7.69. The van der Waals surface area contributed by atoms with Crippen molar-refractivity contribution in [3.8, 4) is 17.2 Å². The molecule has 1 saturated heterocycles. The third-order valence-corrected chi connectivity index (χ3v) is 7.30. The molecule has 178 valence electrons. The van der Waals surface area contributed by atoms with Gasteiger partial charge in [-0.15, -0.1) is 0 Å². The molecule has 0 radical (unpaired) electrons. The molecule has 0 bridgehead atoms. The van der Waals surface area contributed by atoms with E-state index in [1.807, 2.05) is 6.92 Å². The van der Waals surface area contributed by atoms with Crippen LogP contribution in [-0.4, -0.2) is 71.8 Å². The van der Waals surface area contributed by atoms with Gasteiger partial charge in [0, 0.05) is 5.56 Å². The summed E-state index contributed by atoms with van der Waals surface area (Å²) in [6.07, 6.45) is 1.39. The van der Waals surface area contributed by atoms with Crippen LogP contribution >= 0.6 is 0 Å². The molecule has 1 fully saturated rings. The van der Waals surface area contributed by atoms with Crippen LogP contribution in [0.1, 0.15) is 11.1 Å². The molecule has 0 aromatic heterocycles. The van der Waals surface area contributed by atoms with E-state index in [-0.39, 0.29) is 34.6 Å². The second kappa shape index (κ2) is 10.6. The van der Waals surface area contributed by atoms with E-state index >= 15 is 0 Å². The van der Waals surface area contributed by atoms with Gasteiger partial charge in [-0.25, -0.2) is 13.8 Å². The fraction of sp³-hybridized carbons (Fsp3) is 0.364. The number of carbonyl (C=O) groups is 1. The summed E-state index contributed by atoms with van der Waals surface area (Å²) >= 11 is 0. The standard InChI is InChI=1S/C22H28N4O6S/c1-16-4-6-18(7-5-16)33(29,30)26-10-8-25(9-11-26)15-21(27)24-23-14-17-12-19(31-2)22(28)20(13-17)32-3/h4-7,12-14,28H,8-11,15H2,1-3H3,(H,24,27). The lowest BCUT2D eigenvalue weighted by Crippen LogP contribution is -3.15. The van der Waals surface area contributed by atoms with Crippen molar-refractivity contribution < 1.29 is 32.7 Å². The van der Waals surface area contributed by atoms with Crippen molar-refractivity contribution in [2.75, 3.05) is 46.9 Å². The van der Waals surface area contributed by atoms with Gasteiger partial charge in [0.2, 0.25) is 10.0 Å². The Hall–Kier alpha value is -3.15. The summed E-state index contributed by atoms with van der Waals surface area (Å²) in [5.41, 5.74) is 3.99. The van der Waals surface area contributed by atoms with Gasteiger partial charge in [0.15, 0.2) is 6.54 Å². The van der Waals surface area contributed by atoms with Gasteiger partial charge in [-0.1, -0.05) is 17.7 Å². The van der Waals surface area contributed by atoms with Gasteiger partial charge in [-0.05, 0) is 36.9 Å². The van der Waals surface area contributed by atoms with Gasteiger partial charge in [-0.3, -0.25) is 4.79 Å². The number of nitrogens with zero attached hydrogens (tertiary/aromatic N) is 2. The molecule has 10 nitrogen and oxygen atoms in total. The zero-order valence-electron chi connectivity index (χ0n) is 18.8. The molecule has 1 heterocycles. The molecule has 0 unspecified atom stereocenters. The molecule has 0 aliphatic carbocycles. The maximum Gasteiger partial charge on any atom is 0.295 e. The zero-order valence-corrected chi connectivity index (χ0v) is 19.6. The summed E-state index contributed by atoms with van der Waals surface area (Å²) in [5, 5.41) is 15.9. The minimum Gasteiger partial charge on any atom is -0.867 e. The van der Waals surface area contributed by atoms with E-state index in [4.69, 9.17) is 9.47 Å². The normalized spacial score (nSPS) is 15.5. The Morgan fingerprint density at radius 1 is 1.15 bits per heavy atom. The number of ether oxygens (including phenoxy) is 2. The summed E-state index contributed by atoms with van der Waals surface area (Å²) in [4.78, 5) is 13.5. The number of quaternary nitrogens is 1. The Balaban J connectivity index is 1.51. The molecule has 2 N–H and O–H groups in total. The lowest BCUT2D eigenvalue weighted by Gasteiger charge is -2.31. The Labute approximate surface area is 193 Å². The summed E-state index contributed by atoms with van der Waals surface area (Å²) in [5.74, 6) is -0.432. The van der Waals surface area contributed by atoms with E-state index in [0.29, 0.717) is 31.7 Å². The molecule has 0 saturated carbocycles. The lowest BCUT2D eigenvalue weighted by molar-refractivity contribution is -0.895. The van der Waals surface area contributed by atoms with E-state index < -0.39 is 10.0 Å². The highest BCUT2D eigenvalue weighted by molar-refractivity contribution is 7.89. The Morgan fingerprint density at radius 3 is 2.27 bits per heavy atom. The number of nitrogens with one attached hydrogen (secondary N) is 2. The monoisotopic (exact) mass is 476 g/mol. The number of hydrazone groups is 1. The number of methoxy groups -OCH3 is 2. The quantitative estimate of drug-likeness (QED) is 0.377. The number of benzene rings is 2.